The van der Waals surface area contributed by atoms with Crippen LogP contribution in [-0.4, -0.2) is 49.5 Å². The summed E-state index contributed by atoms with van der Waals surface area (Å²) >= 11 is 0. The molecule has 0 bridgehead atoms. The van der Waals surface area contributed by atoms with Gasteiger partial charge >= 0.3 is 0 Å². The van der Waals surface area contributed by atoms with Crippen molar-refractivity contribution in [2.75, 3.05) is 44.4 Å². The molecule has 1 heterocycles. The van der Waals surface area contributed by atoms with Crippen LogP contribution in [0.15, 0.2) is 18.3 Å². The Labute approximate surface area is 126 Å². The van der Waals surface area contributed by atoms with Gasteiger partial charge < -0.3 is 21.3 Å². The highest BCUT2D eigenvalue weighted by Crippen LogP contribution is 2.17. The van der Waals surface area contributed by atoms with Crippen molar-refractivity contribution in [1.29, 1.82) is 0 Å². The minimum atomic E-state index is -0.0706. The van der Waals surface area contributed by atoms with Crippen LogP contribution in [0.4, 0.5) is 11.5 Å². The van der Waals surface area contributed by atoms with Gasteiger partial charge in [0.05, 0.1) is 12.2 Å². The van der Waals surface area contributed by atoms with Crippen LogP contribution in [0, 0.1) is 0 Å². The monoisotopic (exact) mass is 309 g/mol. The van der Waals surface area contributed by atoms with Crippen molar-refractivity contribution in [3.05, 3.63) is 18.3 Å². The predicted octanol–water partition coefficient (Wildman–Crippen LogP) is 0.796. The third-order valence-corrected chi connectivity index (χ3v) is 1.98. The Morgan fingerprint density at radius 2 is 2.11 bits per heavy atom. The minimum Gasteiger partial charge on any atom is -0.367 e. The number of amides is 1. The molecule has 0 atom stereocenters. The van der Waals surface area contributed by atoms with E-state index in [1.54, 1.807) is 23.2 Å². The fraction of sp³-hybridized carbons (Fsp3) is 0.455. The lowest BCUT2D eigenvalue weighted by Crippen LogP contribution is -2.27. The van der Waals surface area contributed by atoms with Gasteiger partial charge in [0, 0.05) is 19.3 Å². The standard InChI is InChI=1S/C11H19N5O.2ClH/c1-16(2)8-10(17)15-9-4-3-6-13-11(9)14-7-5-12;;/h3-4,6H,5,7-8,12H2,1-2H3,(H,13,14)(H,15,17);2*1H. The number of rotatable bonds is 6. The fourth-order valence-corrected chi connectivity index (χ4v) is 1.31. The number of carbonyl (C=O) groups is 1. The molecule has 0 saturated carbocycles. The lowest BCUT2D eigenvalue weighted by Gasteiger charge is -2.13. The summed E-state index contributed by atoms with van der Waals surface area (Å²) in [5.74, 6) is 0.573. The van der Waals surface area contributed by atoms with Crippen LogP contribution in [0.3, 0.4) is 0 Å². The normalized spacial score (nSPS) is 9.26. The smallest absolute Gasteiger partial charge is 0.238 e. The first kappa shape index (κ1) is 20.2. The molecule has 0 aliphatic carbocycles. The molecule has 1 rings (SSSR count). The van der Waals surface area contributed by atoms with Crippen LogP contribution < -0.4 is 16.4 Å². The van der Waals surface area contributed by atoms with Gasteiger partial charge in [-0.3, -0.25) is 4.79 Å². The number of hydrogen-bond acceptors (Lipinski definition) is 5. The summed E-state index contributed by atoms with van der Waals surface area (Å²) in [6, 6.07) is 3.58. The largest absolute Gasteiger partial charge is 0.367 e. The van der Waals surface area contributed by atoms with Gasteiger partial charge in [-0.2, -0.15) is 0 Å². The molecule has 0 aliphatic rings. The summed E-state index contributed by atoms with van der Waals surface area (Å²) in [5.41, 5.74) is 6.08. The van der Waals surface area contributed by atoms with E-state index >= 15 is 0 Å². The lowest BCUT2D eigenvalue weighted by molar-refractivity contribution is -0.116. The van der Waals surface area contributed by atoms with Gasteiger partial charge in [0.25, 0.3) is 0 Å². The molecule has 1 amide bonds. The zero-order valence-corrected chi connectivity index (χ0v) is 12.7. The molecule has 0 aromatic carbocycles. The average Bonchev–Trinajstić information content (AvgIpc) is 2.26. The molecule has 19 heavy (non-hydrogen) atoms. The summed E-state index contributed by atoms with van der Waals surface area (Å²) in [5, 5.41) is 5.86. The molecule has 0 fully saturated rings. The topological polar surface area (TPSA) is 83.3 Å². The molecule has 110 valence electrons. The maximum absolute atomic E-state index is 11.6. The van der Waals surface area contributed by atoms with Gasteiger partial charge in [0.1, 0.15) is 5.82 Å². The molecule has 0 aliphatic heterocycles. The summed E-state index contributed by atoms with van der Waals surface area (Å²) in [6.07, 6.45) is 1.67. The summed E-state index contributed by atoms with van der Waals surface area (Å²) in [7, 11) is 3.69. The van der Waals surface area contributed by atoms with E-state index in [1.807, 2.05) is 14.1 Å². The van der Waals surface area contributed by atoms with E-state index in [0.717, 1.165) is 0 Å². The van der Waals surface area contributed by atoms with Crippen LogP contribution in [0.5, 0.6) is 0 Å². The van der Waals surface area contributed by atoms with E-state index in [4.69, 9.17) is 5.73 Å². The third kappa shape index (κ3) is 7.84. The Bertz CT molecular complexity index is 376. The van der Waals surface area contributed by atoms with Crippen LogP contribution in [0.25, 0.3) is 0 Å². The van der Waals surface area contributed by atoms with Crippen LogP contribution in [0.2, 0.25) is 0 Å². The molecular weight excluding hydrogens is 289 g/mol. The van der Waals surface area contributed by atoms with Gasteiger partial charge in [0.2, 0.25) is 5.91 Å². The quantitative estimate of drug-likeness (QED) is 0.724. The highest BCUT2D eigenvalue weighted by atomic mass is 35.5. The zero-order valence-electron chi connectivity index (χ0n) is 11.0. The van der Waals surface area contributed by atoms with Gasteiger partial charge in [-0.25, -0.2) is 4.98 Å². The molecule has 0 saturated heterocycles. The number of pyridine rings is 1. The van der Waals surface area contributed by atoms with Crippen LogP contribution >= 0.6 is 24.8 Å². The Kier molecular flexibility index (Phi) is 11.5. The number of nitrogens with one attached hydrogen (secondary N) is 2. The summed E-state index contributed by atoms with van der Waals surface area (Å²) in [4.78, 5) is 17.6. The maximum Gasteiger partial charge on any atom is 0.238 e. The summed E-state index contributed by atoms with van der Waals surface area (Å²) in [6.45, 7) is 1.47. The molecule has 8 heteroatoms. The molecule has 1 aromatic heterocycles. The molecule has 0 spiro atoms. The molecule has 0 radical (unpaired) electrons. The van der Waals surface area contributed by atoms with E-state index in [0.29, 0.717) is 31.1 Å². The van der Waals surface area contributed by atoms with Crippen molar-refractivity contribution < 1.29 is 4.79 Å². The Morgan fingerprint density at radius 1 is 1.42 bits per heavy atom. The van der Waals surface area contributed by atoms with Gasteiger partial charge in [-0.05, 0) is 26.2 Å². The van der Waals surface area contributed by atoms with Crippen molar-refractivity contribution in [3.63, 3.8) is 0 Å². The minimum absolute atomic E-state index is 0. The van der Waals surface area contributed by atoms with E-state index in [2.05, 4.69) is 15.6 Å². The lowest BCUT2D eigenvalue weighted by atomic mass is 10.3. The fourth-order valence-electron chi connectivity index (χ4n) is 1.31. The molecule has 0 unspecified atom stereocenters. The first-order chi connectivity index (χ1) is 8.13. The Balaban J connectivity index is 0. The van der Waals surface area contributed by atoms with Crippen molar-refractivity contribution >= 4 is 42.2 Å². The third-order valence-electron chi connectivity index (χ3n) is 1.98. The molecule has 6 nitrogen and oxygen atoms in total. The van der Waals surface area contributed by atoms with E-state index < -0.39 is 0 Å². The molecular formula is C11H21Cl2N5O. The number of nitrogens with zero attached hydrogens (tertiary/aromatic N) is 2. The molecule has 4 N–H and O–H groups in total. The Hall–Kier alpha value is -1.08. The van der Waals surface area contributed by atoms with Gasteiger partial charge in [-0.1, -0.05) is 0 Å². The first-order valence-corrected chi connectivity index (χ1v) is 5.47. The van der Waals surface area contributed by atoms with E-state index in [9.17, 15) is 4.79 Å². The number of hydrogen-bond donors (Lipinski definition) is 3. The number of likely N-dealkylation sites (N-methyl/N-ethyl adjacent to an activating group) is 1. The highest BCUT2D eigenvalue weighted by Gasteiger charge is 2.07. The molecule has 1 aromatic rings. The number of nitrogens with two attached hydrogens (primary N) is 1. The van der Waals surface area contributed by atoms with Gasteiger partial charge in [-0.15, -0.1) is 24.8 Å². The van der Waals surface area contributed by atoms with Crippen molar-refractivity contribution in [1.82, 2.24) is 9.88 Å². The van der Waals surface area contributed by atoms with E-state index in [-0.39, 0.29) is 30.7 Å². The van der Waals surface area contributed by atoms with Crippen LogP contribution in [-0.2, 0) is 4.79 Å². The number of anilines is 2. The number of halogens is 2. The SMILES string of the molecule is CN(C)CC(=O)Nc1cccnc1NCCN.Cl.Cl. The number of aromatic nitrogens is 1. The van der Waals surface area contributed by atoms with Crippen molar-refractivity contribution in [2.24, 2.45) is 5.73 Å². The second kappa shape index (κ2) is 10.8. The average molecular weight is 310 g/mol. The first-order valence-electron chi connectivity index (χ1n) is 5.47. The maximum atomic E-state index is 11.6. The van der Waals surface area contributed by atoms with Gasteiger partial charge in [0.15, 0.2) is 0 Å². The van der Waals surface area contributed by atoms with E-state index in [1.165, 1.54) is 0 Å². The Morgan fingerprint density at radius 3 is 2.68 bits per heavy atom. The van der Waals surface area contributed by atoms with Crippen molar-refractivity contribution in [2.45, 2.75) is 0 Å². The van der Waals surface area contributed by atoms with Crippen molar-refractivity contribution in [3.8, 4) is 0 Å². The second-order valence-corrected chi connectivity index (χ2v) is 3.90. The summed E-state index contributed by atoms with van der Waals surface area (Å²) < 4.78 is 0. The van der Waals surface area contributed by atoms with Crippen LogP contribution in [0.1, 0.15) is 0 Å². The number of carbonyl (C=O) groups excluding carboxylic acids is 1. The second-order valence-electron chi connectivity index (χ2n) is 3.90. The highest BCUT2D eigenvalue weighted by molar-refractivity contribution is 5.94. The zero-order chi connectivity index (χ0) is 12.7. The predicted molar refractivity (Wildman–Crippen MR) is 83.5 cm³/mol.